The van der Waals surface area contributed by atoms with Crippen molar-refractivity contribution in [3.05, 3.63) is 29.6 Å². The number of hydrogen-bond acceptors (Lipinski definition) is 2. The summed E-state index contributed by atoms with van der Waals surface area (Å²) in [5.74, 6) is 0. The van der Waals surface area contributed by atoms with Gasteiger partial charge in [-0.3, -0.25) is 4.98 Å². The van der Waals surface area contributed by atoms with Crippen molar-refractivity contribution in [2.24, 2.45) is 0 Å². The first kappa shape index (κ1) is 8.95. The third-order valence-corrected chi connectivity index (χ3v) is 2.79. The average molecular weight is 167 g/mol. The molecule has 1 aromatic heterocycles. The van der Waals surface area contributed by atoms with Crippen LogP contribution in [0.15, 0.2) is 18.5 Å². The summed E-state index contributed by atoms with van der Waals surface area (Å²) in [6.07, 6.45) is 3.83. The lowest BCUT2D eigenvalue weighted by Gasteiger charge is -2.26. The van der Waals surface area contributed by atoms with E-state index in [2.05, 4.69) is 47.8 Å². The molecule has 13 heavy (non-hydrogen) atoms. The number of nitrogens with zero attached hydrogens (tertiary/aromatic N) is 1. The molecule has 0 radical (unpaired) electrons. The standard InChI is InChI=1S/C7H12B4N2/c8-6(9)4-1-2-12-3-5(4)7(10,11)13-6/h1-3,13H,8-11H2. The van der Waals surface area contributed by atoms with Crippen molar-refractivity contribution < 1.29 is 0 Å². The van der Waals surface area contributed by atoms with Crippen molar-refractivity contribution in [1.82, 2.24) is 10.3 Å². The molecular weight excluding hydrogens is 155 g/mol. The fourth-order valence-electron chi connectivity index (χ4n) is 2.35. The van der Waals surface area contributed by atoms with Gasteiger partial charge in [0.25, 0.3) is 0 Å². The van der Waals surface area contributed by atoms with E-state index in [1.165, 1.54) is 11.1 Å². The van der Waals surface area contributed by atoms with Crippen LogP contribution in [0.4, 0.5) is 0 Å². The zero-order valence-corrected chi connectivity index (χ0v) is 8.68. The van der Waals surface area contributed by atoms with E-state index < -0.39 is 0 Å². The third kappa shape index (κ3) is 1.24. The molecule has 0 spiro atoms. The van der Waals surface area contributed by atoms with Crippen LogP contribution in [0.1, 0.15) is 11.1 Å². The van der Waals surface area contributed by atoms with Crippen molar-refractivity contribution in [3.8, 4) is 0 Å². The largest absolute Gasteiger partial charge is 0.328 e. The van der Waals surface area contributed by atoms with E-state index in [-0.39, 0.29) is 10.7 Å². The highest BCUT2D eigenvalue weighted by molar-refractivity contribution is 6.46. The minimum absolute atomic E-state index is 0.0487. The van der Waals surface area contributed by atoms with Crippen molar-refractivity contribution in [1.29, 1.82) is 0 Å². The maximum atomic E-state index is 4.18. The number of rotatable bonds is 0. The van der Waals surface area contributed by atoms with E-state index in [0.717, 1.165) is 0 Å². The molecule has 0 saturated carbocycles. The number of nitrogens with one attached hydrogen (secondary N) is 1. The molecule has 2 nitrogen and oxygen atoms in total. The quantitative estimate of drug-likeness (QED) is 0.405. The van der Waals surface area contributed by atoms with Crippen molar-refractivity contribution in [3.63, 3.8) is 0 Å². The molecule has 0 aliphatic carbocycles. The van der Waals surface area contributed by atoms with Gasteiger partial charge in [0.1, 0.15) is 31.4 Å². The fraction of sp³-hybridized carbons (Fsp3) is 0.286. The summed E-state index contributed by atoms with van der Waals surface area (Å²) >= 11 is 0. The van der Waals surface area contributed by atoms with Crippen LogP contribution in [-0.4, -0.2) is 36.4 Å². The average Bonchev–Trinajstić information content (AvgIpc) is 2.20. The Morgan fingerprint density at radius 2 is 1.69 bits per heavy atom. The molecule has 62 valence electrons. The van der Waals surface area contributed by atoms with E-state index in [4.69, 9.17) is 0 Å². The molecule has 0 aromatic carbocycles. The minimum atomic E-state index is 0.0487. The van der Waals surface area contributed by atoms with Gasteiger partial charge in [-0.25, -0.2) is 0 Å². The maximum absolute atomic E-state index is 4.18. The summed E-state index contributed by atoms with van der Waals surface area (Å²) in [6.45, 7) is 0. The van der Waals surface area contributed by atoms with Crippen LogP contribution in [0.2, 0.25) is 0 Å². The van der Waals surface area contributed by atoms with E-state index in [1.54, 1.807) is 0 Å². The Balaban J connectivity index is 2.64. The maximum Gasteiger partial charge on any atom is 0.122 e. The molecule has 0 saturated heterocycles. The van der Waals surface area contributed by atoms with Gasteiger partial charge >= 0.3 is 0 Å². The van der Waals surface area contributed by atoms with Crippen molar-refractivity contribution in [2.45, 2.75) is 10.7 Å². The predicted octanol–water partition coefficient (Wildman–Crippen LogP) is -3.56. The van der Waals surface area contributed by atoms with E-state index in [9.17, 15) is 0 Å². The van der Waals surface area contributed by atoms with Crippen molar-refractivity contribution >= 4 is 31.4 Å². The van der Waals surface area contributed by atoms with Crippen molar-refractivity contribution in [2.75, 3.05) is 0 Å². The highest BCUT2D eigenvalue weighted by atomic mass is 15.0. The lowest BCUT2D eigenvalue weighted by molar-refractivity contribution is 0.615. The molecule has 1 aromatic rings. The molecule has 0 atom stereocenters. The van der Waals surface area contributed by atoms with Gasteiger partial charge in [0, 0.05) is 12.4 Å². The van der Waals surface area contributed by atoms with E-state index in [1.807, 2.05) is 12.4 Å². The Morgan fingerprint density at radius 3 is 2.31 bits per heavy atom. The SMILES string of the molecule is BC1(B)NC(B)(B)c2cnccc21. The Kier molecular flexibility index (Phi) is 1.68. The van der Waals surface area contributed by atoms with Crippen LogP contribution < -0.4 is 5.32 Å². The molecular formula is C7H12B4N2. The first-order chi connectivity index (χ1) is 5.93. The summed E-state index contributed by atoms with van der Waals surface area (Å²) in [5, 5.41) is 3.71. The Morgan fingerprint density at radius 1 is 1.08 bits per heavy atom. The molecule has 1 aliphatic heterocycles. The Bertz CT molecular complexity index is 317. The summed E-state index contributed by atoms with van der Waals surface area (Å²) in [5.41, 5.74) is 2.69. The van der Waals surface area contributed by atoms with E-state index in [0.29, 0.717) is 0 Å². The molecule has 1 N–H and O–H groups in total. The Hall–Kier alpha value is -0.630. The van der Waals surface area contributed by atoms with Gasteiger partial charge in [-0.15, -0.1) is 0 Å². The Labute approximate surface area is 82.5 Å². The van der Waals surface area contributed by atoms with E-state index >= 15 is 0 Å². The van der Waals surface area contributed by atoms with Gasteiger partial charge < -0.3 is 5.32 Å². The number of hydrogen-bond donors (Lipinski definition) is 1. The third-order valence-electron chi connectivity index (χ3n) is 2.79. The lowest BCUT2D eigenvalue weighted by Crippen LogP contribution is -2.49. The minimum Gasteiger partial charge on any atom is -0.328 e. The molecule has 0 fully saturated rings. The van der Waals surface area contributed by atoms with Crippen LogP contribution in [0.25, 0.3) is 0 Å². The van der Waals surface area contributed by atoms with Gasteiger partial charge in [0.2, 0.25) is 0 Å². The predicted molar refractivity (Wildman–Crippen MR) is 64.9 cm³/mol. The fourth-order valence-corrected chi connectivity index (χ4v) is 2.35. The lowest BCUT2D eigenvalue weighted by atomic mass is 9.59. The molecule has 1 aliphatic rings. The van der Waals surface area contributed by atoms with Crippen LogP contribution in [0.3, 0.4) is 0 Å². The van der Waals surface area contributed by atoms with Gasteiger partial charge in [0.05, 0.1) is 0 Å². The van der Waals surface area contributed by atoms with Gasteiger partial charge in [-0.2, -0.15) is 0 Å². The topological polar surface area (TPSA) is 24.9 Å². The summed E-state index contributed by atoms with van der Waals surface area (Å²) in [4.78, 5) is 4.18. The number of aromatic nitrogens is 1. The van der Waals surface area contributed by atoms with Crippen LogP contribution in [0, 0.1) is 0 Å². The molecule has 6 heteroatoms. The second kappa shape index (κ2) is 2.44. The van der Waals surface area contributed by atoms with Crippen LogP contribution in [-0.2, 0) is 10.7 Å². The van der Waals surface area contributed by atoms with Crippen LogP contribution in [0.5, 0.6) is 0 Å². The first-order valence-electron chi connectivity index (χ1n) is 4.68. The molecule has 0 amide bonds. The molecule has 2 heterocycles. The van der Waals surface area contributed by atoms with Gasteiger partial charge in [0.15, 0.2) is 0 Å². The molecule has 0 bridgehead atoms. The summed E-state index contributed by atoms with van der Waals surface area (Å²) in [6, 6.07) is 2.11. The monoisotopic (exact) mass is 168 g/mol. The number of fused-ring (bicyclic) bond motifs is 1. The van der Waals surface area contributed by atoms with Gasteiger partial charge in [-0.1, -0.05) is 0 Å². The molecule has 2 rings (SSSR count). The zero-order chi connectivity index (χ0) is 9.69. The zero-order valence-electron chi connectivity index (χ0n) is 8.68. The highest BCUT2D eigenvalue weighted by Crippen LogP contribution is 2.33. The number of pyridine rings is 1. The summed E-state index contributed by atoms with van der Waals surface area (Å²) in [7, 11) is 8.81. The molecule has 0 unspecified atom stereocenters. The van der Waals surface area contributed by atoms with Crippen LogP contribution >= 0.6 is 0 Å². The highest BCUT2D eigenvalue weighted by Gasteiger charge is 2.40. The second-order valence-corrected chi connectivity index (χ2v) is 4.80. The normalized spacial score (nSPS) is 22.5. The first-order valence-corrected chi connectivity index (χ1v) is 4.68. The second-order valence-electron chi connectivity index (χ2n) is 4.80. The summed E-state index contributed by atoms with van der Waals surface area (Å²) < 4.78 is 0. The van der Waals surface area contributed by atoms with Gasteiger partial charge in [-0.05, 0) is 27.9 Å². The smallest absolute Gasteiger partial charge is 0.122 e.